The molecule has 0 fully saturated rings. The Bertz CT molecular complexity index is 402. The molecule has 0 radical (unpaired) electrons. The maximum Gasteiger partial charge on any atom is 0.560 e. The molecule has 0 aromatic heterocycles. The standard InChI is InChI=1S/C12H12BNO2/c15-13(11-6-2-1-3-7-11)16-10-14-12-8-4-5-9-12/h1-10,12,15H. The lowest BCUT2D eigenvalue weighted by atomic mass is 9.80. The van der Waals surface area contributed by atoms with E-state index in [9.17, 15) is 5.02 Å². The monoisotopic (exact) mass is 213 g/mol. The summed E-state index contributed by atoms with van der Waals surface area (Å²) >= 11 is 0. The Morgan fingerprint density at radius 1 is 1.19 bits per heavy atom. The van der Waals surface area contributed by atoms with Gasteiger partial charge < -0.3 is 9.68 Å². The molecule has 1 aromatic carbocycles. The van der Waals surface area contributed by atoms with E-state index in [4.69, 9.17) is 4.65 Å². The van der Waals surface area contributed by atoms with Gasteiger partial charge in [-0.05, 0) is 5.46 Å². The maximum absolute atomic E-state index is 9.64. The van der Waals surface area contributed by atoms with E-state index in [1.54, 1.807) is 12.1 Å². The zero-order valence-electron chi connectivity index (χ0n) is 8.73. The van der Waals surface area contributed by atoms with Crippen molar-refractivity contribution in [2.75, 3.05) is 0 Å². The highest BCUT2D eigenvalue weighted by Crippen LogP contribution is 2.02. The van der Waals surface area contributed by atoms with E-state index in [2.05, 4.69) is 4.99 Å². The summed E-state index contributed by atoms with van der Waals surface area (Å²) in [7, 11) is -0.959. The number of nitrogens with zero attached hydrogens (tertiary/aromatic N) is 1. The van der Waals surface area contributed by atoms with Gasteiger partial charge in [0.25, 0.3) is 0 Å². The van der Waals surface area contributed by atoms with Crippen molar-refractivity contribution in [2.24, 2.45) is 4.99 Å². The molecule has 0 aliphatic heterocycles. The van der Waals surface area contributed by atoms with Gasteiger partial charge in [0.05, 0.1) is 6.04 Å². The molecule has 1 aromatic rings. The zero-order valence-corrected chi connectivity index (χ0v) is 8.73. The van der Waals surface area contributed by atoms with Gasteiger partial charge in [-0.15, -0.1) is 0 Å². The van der Waals surface area contributed by atoms with Crippen molar-refractivity contribution in [1.82, 2.24) is 0 Å². The Kier molecular flexibility index (Phi) is 3.56. The average molecular weight is 213 g/mol. The Morgan fingerprint density at radius 3 is 2.56 bits per heavy atom. The van der Waals surface area contributed by atoms with Gasteiger partial charge >= 0.3 is 7.12 Å². The van der Waals surface area contributed by atoms with Gasteiger partial charge in [-0.2, -0.15) is 0 Å². The van der Waals surface area contributed by atoms with E-state index in [1.165, 1.54) is 6.40 Å². The van der Waals surface area contributed by atoms with E-state index in [0.717, 1.165) is 0 Å². The van der Waals surface area contributed by atoms with Crippen LogP contribution in [0.2, 0.25) is 0 Å². The van der Waals surface area contributed by atoms with Gasteiger partial charge in [-0.3, -0.25) is 0 Å². The second-order valence-electron chi connectivity index (χ2n) is 3.41. The van der Waals surface area contributed by atoms with Crippen molar-refractivity contribution >= 4 is 19.0 Å². The second-order valence-corrected chi connectivity index (χ2v) is 3.41. The molecule has 0 bridgehead atoms. The summed E-state index contributed by atoms with van der Waals surface area (Å²) < 4.78 is 5.09. The second kappa shape index (κ2) is 5.33. The minimum absolute atomic E-state index is 0.0305. The molecule has 0 spiro atoms. The van der Waals surface area contributed by atoms with Gasteiger partial charge in [-0.1, -0.05) is 54.6 Å². The van der Waals surface area contributed by atoms with Crippen LogP contribution in [0, 0.1) is 0 Å². The molecule has 16 heavy (non-hydrogen) atoms. The normalized spacial score (nSPS) is 14.8. The van der Waals surface area contributed by atoms with Crippen LogP contribution in [0.3, 0.4) is 0 Å². The van der Waals surface area contributed by atoms with Crippen molar-refractivity contribution in [2.45, 2.75) is 6.04 Å². The lowest BCUT2D eigenvalue weighted by molar-refractivity contribution is 0.436. The minimum atomic E-state index is -0.959. The average Bonchev–Trinajstić information content (AvgIpc) is 2.83. The quantitative estimate of drug-likeness (QED) is 0.459. The highest BCUT2D eigenvalue weighted by atomic mass is 16.5. The molecule has 0 saturated carbocycles. The molecule has 1 aliphatic carbocycles. The molecule has 1 aliphatic rings. The molecule has 1 N–H and O–H groups in total. The van der Waals surface area contributed by atoms with E-state index in [1.807, 2.05) is 42.5 Å². The smallest absolute Gasteiger partial charge is 0.524 e. The van der Waals surface area contributed by atoms with E-state index in [-0.39, 0.29) is 6.04 Å². The molecule has 0 amide bonds. The molecule has 0 atom stereocenters. The van der Waals surface area contributed by atoms with Crippen LogP contribution < -0.4 is 5.46 Å². The molecule has 3 nitrogen and oxygen atoms in total. The van der Waals surface area contributed by atoms with Crippen LogP contribution in [-0.4, -0.2) is 24.6 Å². The molecule has 0 saturated heterocycles. The van der Waals surface area contributed by atoms with E-state index in [0.29, 0.717) is 5.46 Å². The fraction of sp³-hybridized carbons (Fsp3) is 0.0833. The number of allylic oxidation sites excluding steroid dienone is 2. The zero-order chi connectivity index (χ0) is 11.2. The predicted octanol–water partition coefficient (Wildman–Crippen LogP) is 0.914. The Morgan fingerprint density at radius 2 is 1.88 bits per heavy atom. The molecular weight excluding hydrogens is 201 g/mol. The lowest BCUT2D eigenvalue weighted by Gasteiger charge is -2.04. The largest absolute Gasteiger partial charge is 0.560 e. The highest BCUT2D eigenvalue weighted by Gasteiger charge is 2.15. The summed E-state index contributed by atoms with van der Waals surface area (Å²) in [6.07, 6.45) is 9.02. The number of aliphatic imine (C=N–C) groups is 1. The fourth-order valence-electron chi connectivity index (χ4n) is 1.38. The summed E-state index contributed by atoms with van der Waals surface area (Å²) in [6.45, 7) is 0. The van der Waals surface area contributed by atoms with Crippen LogP contribution in [0.4, 0.5) is 0 Å². The first kappa shape index (κ1) is 10.7. The number of benzene rings is 1. The predicted molar refractivity (Wildman–Crippen MR) is 65.7 cm³/mol. The molecule has 80 valence electrons. The van der Waals surface area contributed by atoms with Crippen LogP contribution in [0.5, 0.6) is 0 Å². The Labute approximate surface area is 94.9 Å². The van der Waals surface area contributed by atoms with Crippen LogP contribution in [0.25, 0.3) is 0 Å². The van der Waals surface area contributed by atoms with Crippen LogP contribution in [0.1, 0.15) is 0 Å². The topological polar surface area (TPSA) is 41.8 Å². The van der Waals surface area contributed by atoms with Gasteiger partial charge in [0.15, 0.2) is 6.40 Å². The summed E-state index contributed by atoms with van der Waals surface area (Å²) in [4.78, 5) is 4.11. The van der Waals surface area contributed by atoms with Crippen molar-refractivity contribution < 1.29 is 9.68 Å². The SMILES string of the molecule is OB(OC=NC1C=CC=C1)c1ccccc1. The van der Waals surface area contributed by atoms with Gasteiger partial charge in [-0.25, -0.2) is 4.99 Å². The van der Waals surface area contributed by atoms with Crippen molar-refractivity contribution in [3.05, 3.63) is 54.6 Å². The molecule has 0 heterocycles. The Hall–Kier alpha value is -1.81. The molecule has 2 rings (SSSR count). The third-order valence-electron chi connectivity index (χ3n) is 2.24. The van der Waals surface area contributed by atoms with E-state index < -0.39 is 7.12 Å². The van der Waals surface area contributed by atoms with Crippen molar-refractivity contribution in [3.63, 3.8) is 0 Å². The molecule has 0 unspecified atom stereocenters. The number of rotatable bonds is 4. The highest BCUT2D eigenvalue weighted by molar-refractivity contribution is 6.61. The van der Waals surface area contributed by atoms with E-state index >= 15 is 0 Å². The fourth-order valence-corrected chi connectivity index (χ4v) is 1.38. The Balaban J connectivity index is 1.86. The van der Waals surface area contributed by atoms with Crippen molar-refractivity contribution in [3.8, 4) is 0 Å². The van der Waals surface area contributed by atoms with Crippen LogP contribution in [0.15, 0.2) is 59.6 Å². The third kappa shape index (κ3) is 2.84. The van der Waals surface area contributed by atoms with Crippen LogP contribution >= 0.6 is 0 Å². The third-order valence-corrected chi connectivity index (χ3v) is 2.24. The first-order valence-corrected chi connectivity index (χ1v) is 5.11. The van der Waals surface area contributed by atoms with Gasteiger partial charge in [0, 0.05) is 0 Å². The summed E-state index contributed by atoms with van der Waals surface area (Å²) in [5.74, 6) is 0. The maximum atomic E-state index is 9.64. The first-order valence-electron chi connectivity index (χ1n) is 5.11. The van der Waals surface area contributed by atoms with Gasteiger partial charge in [0.1, 0.15) is 0 Å². The molecular formula is C12H12BNO2. The minimum Gasteiger partial charge on any atom is -0.524 e. The van der Waals surface area contributed by atoms with Crippen LogP contribution in [-0.2, 0) is 4.65 Å². The van der Waals surface area contributed by atoms with Gasteiger partial charge in [0.2, 0.25) is 0 Å². The summed E-state index contributed by atoms with van der Waals surface area (Å²) in [6, 6.07) is 9.21. The lowest BCUT2D eigenvalue weighted by Crippen LogP contribution is -2.33. The van der Waals surface area contributed by atoms with Crippen molar-refractivity contribution in [1.29, 1.82) is 0 Å². The summed E-state index contributed by atoms with van der Waals surface area (Å²) in [5, 5.41) is 9.64. The molecule has 4 heteroatoms. The number of hydrogen-bond donors (Lipinski definition) is 1. The first-order chi connectivity index (χ1) is 7.86. The summed E-state index contributed by atoms with van der Waals surface area (Å²) in [5.41, 5.74) is 0.714. The number of hydrogen-bond acceptors (Lipinski definition) is 3.